The van der Waals surface area contributed by atoms with Crippen LogP contribution >= 0.6 is 0 Å². The van der Waals surface area contributed by atoms with Crippen molar-refractivity contribution >= 4 is 0 Å². The smallest absolute Gasteiger partial charge is 0.0652 e. The Hall–Kier alpha value is -1.34. The fraction of sp³-hybridized carbons (Fsp3) is 0.545. The van der Waals surface area contributed by atoms with E-state index in [-0.39, 0.29) is 0 Å². The van der Waals surface area contributed by atoms with E-state index >= 15 is 0 Å². The zero-order chi connectivity index (χ0) is 17.3. The van der Waals surface area contributed by atoms with Crippen LogP contribution in [0.4, 0.5) is 0 Å². The van der Waals surface area contributed by atoms with Crippen molar-refractivity contribution in [2.75, 3.05) is 13.2 Å². The van der Waals surface area contributed by atoms with Gasteiger partial charge in [-0.25, -0.2) is 0 Å². The van der Waals surface area contributed by atoms with Gasteiger partial charge in [-0.2, -0.15) is 0 Å². The molecule has 0 aliphatic heterocycles. The van der Waals surface area contributed by atoms with Crippen molar-refractivity contribution < 1.29 is 4.74 Å². The van der Waals surface area contributed by atoms with Gasteiger partial charge in [-0.3, -0.25) is 0 Å². The molecule has 23 heavy (non-hydrogen) atoms. The molecule has 0 bridgehead atoms. The molecule has 0 aromatic heterocycles. The molecule has 0 N–H and O–H groups in total. The number of hydrogen-bond acceptors (Lipinski definition) is 1. The third-order valence-corrected chi connectivity index (χ3v) is 4.50. The van der Waals surface area contributed by atoms with E-state index in [1.807, 2.05) is 6.92 Å². The first-order valence-electron chi connectivity index (χ1n) is 8.84. The van der Waals surface area contributed by atoms with Crippen LogP contribution in [0, 0.1) is 5.41 Å². The van der Waals surface area contributed by atoms with Gasteiger partial charge in [0.2, 0.25) is 0 Å². The fourth-order valence-electron chi connectivity index (χ4n) is 3.01. The summed E-state index contributed by atoms with van der Waals surface area (Å²) in [6.07, 6.45) is 16.9. The van der Waals surface area contributed by atoms with Crippen LogP contribution in [-0.4, -0.2) is 13.2 Å². The molecule has 0 radical (unpaired) electrons. The maximum absolute atomic E-state index is 5.32. The summed E-state index contributed by atoms with van der Waals surface area (Å²) in [6.45, 7) is 14.7. The normalized spacial score (nSPS) is 20.1. The Bertz CT molecular complexity index is 524. The molecule has 0 unspecified atom stereocenters. The molecule has 1 aliphatic rings. The first-order chi connectivity index (χ1) is 10.9. The van der Waals surface area contributed by atoms with Crippen molar-refractivity contribution in [1.29, 1.82) is 0 Å². The number of rotatable bonds is 7. The Morgan fingerprint density at radius 3 is 2.57 bits per heavy atom. The van der Waals surface area contributed by atoms with Crippen LogP contribution in [0.1, 0.15) is 60.8 Å². The Morgan fingerprint density at radius 2 is 1.91 bits per heavy atom. The molecule has 0 aromatic rings. The van der Waals surface area contributed by atoms with E-state index in [1.165, 1.54) is 36.0 Å². The Labute approximate surface area is 143 Å². The van der Waals surface area contributed by atoms with Gasteiger partial charge in [0.25, 0.3) is 0 Å². The van der Waals surface area contributed by atoms with Crippen molar-refractivity contribution in [3.05, 3.63) is 58.7 Å². The lowest BCUT2D eigenvalue weighted by Crippen LogP contribution is -2.19. The minimum atomic E-state index is 0.313. The van der Waals surface area contributed by atoms with Gasteiger partial charge in [-0.05, 0) is 57.9 Å². The monoisotopic (exact) mass is 314 g/mol. The van der Waals surface area contributed by atoms with Gasteiger partial charge in [-0.15, -0.1) is 0 Å². The Kier molecular flexibility index (Phi) is 8.33. The molecule has 1 rings (SSSR count). The second-order valence-corrected chi connectivity index (χ2v) is 7.14. The molecule has 0 spiro atoms. The fourth-order valence-corrected chi connectivity index (χ4v) is 3.01. The van der Waals surface area contributed by atoms with Crippen molar-refractivity contribution in [3.8, 4) is 0 Å². The molecule has 0 saturated carbocycles. The molecule has 128 valence electrons. The molecule has 1 nitrogen and oxygen atoms in total. The SMILES string of the molecule is CCOCC=C(C)/C=C\C=C(C)C=CC1=C(C)CCCC1(C)C. The second-order valence-electron chi connectivity index (χ2n) is 7.14. The van der Waals surface area contributed by atoms with E-state index < -0.39 is 0 Å². The highest BCUT2D eigenvalue weighted by molar-refractivity contribution is 5.37. The van der Waals surface area contributed by atoms with Crippen LogP contribution in [0.25, 0.3) is 0 Å². The van der Waals surface area contributed by atoms with Gasteiger partial charge >= 0.3 is 0 Å². The average molecular weight is 315 g/mol. The van der Waals surface area contributed by atoms with Gasteiger partial charge < -0.3 is 4.74 Å². The molecule has 0 saturated heterocycles. The quantitative estimate of drug-likeness (QED) is 0.382. The lowest BCUT2D eigenvalue weighted by molar-refractivity contribution is 0.177. The van der Waals surface area contributed by atoms with Crippen LogP contribution in [0.3, 0.4) is 0 Å². The van der Waals surface area contributed by atoms with E-state index in [2.05, 4.69) is 71.1 Å². The van der Waals surface area contributed by atoms with E-state index in [0.717, 1.165) is 6.61 Å². The minimum absolute atomic E-state index is 0.313. The average Bonchev–Trinajstić information content (AvgIpc) is 2.46. The summed E-state index contributed by atoms with van der Waals surface area (Å²) in [5.74, 6) is 0. The largest absolute Gasteiger partial charge is 0.378 e. The van der Waals surface area contributed by atoms with Gasteiger partial charge in [0, 0.05) is 6.61 Å². The van der Waals surface area contributed by atoms with E-state index in [0.29, 0.717) is 12.0 Å². The molecule has 1 aliphatic carbocycles. The standard InChI is InChI=1S/C22H34O/c1-7-23-17-15-19(3)11-8-10-18(2)13-14-21-20(4)12-9-16-22(21,5)6/h8,10-11,13-15H,7,9,12,16-17H2,1-6H3/b11-8-,14-13?,18-10?,19-15?. The summed E-state index contributed by atoms with van der Waals surface area (Å²) < 4.78 is 5.32. The minimum Gasteiger partial charge on any atom is -0.378 e. The summed E-state index contributed by atoms with van der Waals surface area (Å²) in [7, 11) is 0. The van der Waals surface area contributed by atoms with Gasteiger partial charge in [0.15, 0.2) is 0 Å². The summed E-state index contributed by atoms with van der Waals surface area (Å²) in [5, 5.41) is 0. The summed E-state index contributed by atoms with van der Waals surface area (Å²) in [6, 6.07) is 0. The van der Waals surface area contributed by atoms with Crippen LogP contribution in [0.5, 0.6) is 0 Å². The van der Waals surface area contributed by atoms with Crippen molar-refractivity contribution in [1.82, 2.24) is 0 Å². The first kappa shape index (κ1) is 19.7. The van der Waals surface area contributed by atoms with Gasteiger partial charge in [-0.1, -0.05) is 67.0 Å². The van der Waals surface area contributed by atoms with E-state index in [4.69, 9.17) is 4.74 Å². The maximum atomic E-state index is 5.32. The molecule has 1 heteroatoms. The maximum Gasteiger partial charge on any atom is 0.0652 e. The lowest BCUT2D eigenvalue weighted by Gasteiger charge is -2.32. The molecular formula is C22H34O. The third-order valence-electron chi connectivity index (χ3n) is 4.50. The van der Waals surface area contributed by atoms with Crippen LogP contribution in [0.15, 0.2) is 58.7 Å². The zero-order valence-corrected chi connectivity index (χ0v) is 15.9. The van der Waals surface area contributed by atoms with Gasteiger partial charge in [0.05, 0.1) is 6.61 Å². The molecule has 0 aromatic carbocycles. The van der Waals surface area contributed by atoms with E-state index in [1.54, 1.807) is 5.57 Å². The summed E-state index contributed by atoms with van der Waals surface area (Å²) >= 11 is 0. The number of ether oxygens (including phenoxy) is 1. The van der Waals surface area contributed by atoms with Gasteiger partial charge in [0.1, 0.15) is 0 Å². The van der Waals surface area contributed by atoms with Crippen LogP contribution < -0.4 is 0 Å². The highest BCUT2D eigenvalue weighted by Crippen LogP contribution is 2.40. The third kappa shape index (κ3) is 7.18. The highest BCUT2D eigenvalue weighted by atomic mass is 16.5. The van der Waals surface area contributed by atoms with Crippen molar-refractivity contribution in [2.45, 2.75) is 60.8 Å². The molecule has 0 amide bonds. The topological polar surface area (TPSA) is 9.23 Å². The number of allylic oxidation sites excluding steroid dienone is 9. The van der Waals surface area contributed by atoms with E-state index in [9.17, 15) is 0 Å². The Morgan fingerprint density at radius 1 is 1.17 bits per heavy atom. The molecular weight excluding hydrogens is 280 g/mol. The molecule has 0 fully saturated rings. The predicted molar refractivity (Wildman–Crippen MR) is 103 cm³/mol. The second kappa shape index (κ2) is 9.72. The predicted octanol–water partition coefficient (Wildman–Crippen LogP) is 6.55. The summed E-state index contributed by atoms with van der Waals surface area (Å²) in [4.78, 5) is 0. The van der Waals surface area contributed by atoms with Crippen LogP contribution in [-0.2, 0) is 4.74 Å². The molecule has 0 heterocycles. The van der Waals surface area contributed by atoms with Crippen molar-refractivity contribution in [3.63, 3.8) is 0 Å². The lowest BCUT2D eigenvalue weighted by atomic mass is 9.72. The highest BCUT2D eigenvalue weighted by Gasteiger charge is 2.26. The van der Waals surface area contributed by atoms with Crippen molar-refractivity contribution in [2.24, 2.45) is 5.41 Å². The van der Waals surface area contributed by atoms with Crippen LogP contribution in [0.2, 0.25) is 0 Å². The Balaban J connectivity index is 2.67. The number of hydrogen-bond donors (Lipinski definition) is 0. The zero-order valence-electron chi connectivity index (χ0n) is 15.9. The molecule has 0 atom stereocenters. The first-order valence-corrected chi connectivity index (χ1v) is 8.84. The summed E-state index contributed by atoms with van der Waals surface area (Å²) in [5.41, 5.74) is 5.90.